The zero-order chi connectivity index (χ0) is 21.7. The number of ether oxygens (including phenoxy) is 1. The van der Waals surface area contributed by atoms with Crippen LogP contribution in [0.2, 0.25) is 0 Å². The smallest absolute Gasteiger partial charge is 0.319 e. The van der Waals surface area contributed by atoms with Crippen molar-refractivity contribution in [3.63, 3.8) is 0 Å². The molecule has 0 saturated carbocycles. The molecule has 3 amide bonds. The Hall–Kier alpha value is -3.79. The molecule has 1 saturated heterocycles. The lowest BCUT2D eigenvalue weighted by molar-refractivity contribution is 0.0816. The third-order valence-corrected chi connectivity index (χ3v) is 4.66. The molecule has 30 heavy (non-hydrogen) atoms. The van der Waals surface area contributed by atoms with Crippen LogP contribution in [0.15, 0.2) is 54.7 Å². The molecule has 0 bridgehead atoms. The van der Waals surface area contributed by atoms with Gasteiger partial charge in [0.2, 0.25) is 0 Å². The second-order valence-electron chi connectivity index (χ2n) is 6.80. The summed E-state index contributed by atoms with van der Waals surface area (Å²) in [5.74, 6) is 6.03. The molecule has 7 heteroatoms. The van der Waals surface area contributed by atoms with Gasteiger partial charge in [-0.25, -0.2) is 9.18 Å². The van der Waals surface area contributed by atoms with Gasteiger partial charge >= 0.3 is 6.03 Å². The second kappa shape index (κ2) is 9.14. The fourth-order valence-corrected chi connectivity index (χ4v) is 3.12. The average Bonchev–Trinajstić information content (AvgIpc) is 3.21. The van der Waals surface area contributed by atoms with E-state index in [9.17, 15) is 14.0 Å². The van der Waals surface area contributed by atoms with Crippen LogP contribution in [0.5, 0.6) is 5.75 Å². The zero-order valence-electron chi connectivity index (χ0n) is 16.8. The molecule has 1 unspecified atom stereocenters. The van der Waals surface area contributed by atoms with E-state index in [0.29, 0.717) is 24.6 Å². The Labute approximate surface area is 174 Å². The lowest BCUT2D eigenvalue weighted by Crippen LogP contribution is -2.21. The van der Waals surface area contributed by atoms with Crippen LogP contribution in [0, 0.1) is 17.7 Å². The molecule has 2 heterocycles. The molecule has 2 aliphatic heterocycles. The van der Waals surface area contributed by atoms with Crippen molar-refractivity contribution in [3.05, 3.63) is 77.2 Å². The Morgan fingerprint density at radius 2 is 1.97 bits per heavy atom. The molecule has 6 nitrogen and oxygen atoms in total. The largest absolute Gasteiger partial charge is 0.481 e. The summed E-state index contributed by atoms with van der Waals surface area (Å²) < 4.78 is 18.0. The van der Waals surface area contributed by atoms with Gasteiger partial charge in [0.15, 0.2) is 0 Å². The Balaban J connectivity index is 0.000000172. The van der Waals surface area contributed by atoms with E-state index in [1.807, 2.05) is 12.1 Å². The third kappa shape index (κ3) is 4.78. The van der Waals surface area contributed by atoms with Gasteiger partial charge in [-0.3, -0.25) is 4.79 Å². The predicted octanol–water partition coefficient (Wildman–Crippen LogP) is 3.37. The Kier molecular flexibility index (Phi) is 6.38. The summed E-state index contributed by atoms with van der Waals surface area (Å²) in [7, 11) is 1.80. The first-order valence-corrected chi connectivity index (χ1v) is 9.31. The van der Waals surface area contributed by atoms with E-state index in [1.165, 1.54) is 12.1 Å². The number of hydrogen-bond donors (Lipinski definition) is 2. The topological polar surface area (TPSA) is 70.7 Å². The highest BCUT2D eigenvalue weighted by Gasteiger charge is 2.25. The Morgan fingerprint density at radius 1 is 1.23 bits per heavy atom. The maximum absolute atomic E-state index is 12.6. The maximum Gasteiger partial charge on any atom is 0.319 e. The van der Waals surface area contributed by atoms with E-state index in [0.717, 1.165) is 16.7 Å². The van der Waals surface area contributed by atoms with Crippen LogP contribution in [0.1, 0.15) is 34.5 Å². The number of benzene rings is 2. The molecule has 0 spiro atoms. The molecule has 2 aromatic carbocycles. The molecule has 0 aliphatic carbocycles. The molecule has 4 rings (SSSR count). The van der Waals surface area contributed by atoms with Gasteiger partial charge in [0.25, 0.3) is 5.91 Å². The first kappa shape index (κ1) is 20.9. The van der Waals surface area contributed by atoms with Crippen molar-refractivity contribution in [3.8, 4) is 17.6 Å². The number of carbonyl (C=O) groups excluding carboxylic acids is 2. The van der Waals surface area contributed by atoms with Gasteiger partial charge in [-0.05, 0) is 42.3 Å². The minimum Gasteiger partial charge on any atom is -0.481 e. The molecule has 0 aromatic heterocycles. The van der Waals surface area contributed by atoms with Crippen molar-refractivity contribution in [2.75, 3.05) is 13.7 Å². The number of nitrogens with one attached hydrogen (secondary N) is 2. The molecular formula is C23H22FN3O3. The highest BCUT2D eigenvalue weighted by Crippen LogP contribution is 2.25. The fraction of sp³-hybridized carbons (Fsp3) is 0.217. The number of nitrogens with zero attached hydrogens (tertiary/aromatic N) is 1. The summed E-state index contributed by atoms with van der Waals surface area (Å²) in [5.41, 5.74) is 3.20. The molecule has 154 valence electrons. The highest BCUT2D eigenvalue weighted by atomic mass is 19.1. The van der Waals surface area contributed by atoms with Crippen molar-refractivity contribution in [2.24, 2.45) is 0 Å². The van der Waals surface area contributed by atoms with Crippen LogP contribution in [0.3, 0.4) is 0 Å². The predicted molar refractivity (Wildman–Crippen MR) is 111 cm³/mol. The van der Waals surface area contributed by atoms with Gasteiger partial charge in [-0.2, -0.15) is 0 Å². The van der Waals surface area contributed by atoms with E-state index in [1.54, 1.807) is 37.1 Å². The summed E-state index contributed by atoms with van der Waals surface area (Å²) in [6.07, 6.45) is 0. The first-order chi connectivity index (χ1) is 14.4. The number of fused-ring (bicyclic) bond motifs is 1. The monoisotopic (exact) mass is 407 g/mol. The molecule has 2 aliphatic rings. The van der Waals surface area contributed by atoms with Crippen molar-refractivity contribution >= 4 is 11.9 Å². The van der Waals surface area contributed by atoms with E-state index in [4.69, 9.17) is 4.74 Å². The number of carbonyl (C=O) groups is 2. The van der Waals surface area contributed by atoms with Crippen LogP contribution in [-0.2, 0) is 6.54 Å². The maximum atomic E-state index is 12.6. The standard InChI is InChI=1S/C13H13NO2.C10H9FN2O/c1-3-4-7-16-11-6-5-10-9-14(2)13(15)12(10)8-11;1-6-9(13-10(14)12-6)7-2-4-8(11)5-3-7/h5-6,8H,7,9H2,1-2H3;2-5,9H,1H2,(H2,12,13,14). The summed E-state index contributed by atoms with van der Waals surface area (Å²) in [4.78, 5) is 24.4. The lowest BCUT2D eigenvalue weighted by Gasteiger charge is -2.09. The molecular weight excluding hydrogens is 385 g/mol. The first-order valence-electron chi connectivity index (χ1n) is 9.31. The van der Waals surface area contributed by atoms with Crippen molar-refractivity contribution in [1.82, 2.24) is 15.5 Å². The summed E-state index contributed by atoms with van der Waals surface area (Å²) in [5, 5.41) is 5.21. The van der Waals surface area contributed by atoms with Gasteiger partial charge in [-0.15, -0.1) is 5.92 Å². The molecule has 2 aromatic rings. The SMILES string of the molecule is C=C1NC(=O)NC1c1ccc(F)cc1.CC#CCOc1ccc2c(c1)C(=O)N(C)C2. The quantitative estimate of drug-likeness (QED) is 0.767. The number of halogens is 1. The van der Waals surface area contributed by atoms with Crippen molar-refractivity contribution in [1.29, 1.82) is 0 Å². The van der Waals surface area contributed by atoms with Crippen LogP contribution in [-0.4, -0.2) is 30.5 Å². The fourth-order valence-electron chi connectivity index (χ4n) is 3.12. The molecule has 1 atom stereocenters. The van der Waals surface area contributed by atoms with Gasteiger partial charge in [0, 0.05) is 24.9 Å². The number of hydrogen-bond acceptors (Lipinski definition) is 3. The molecule has 2 N–H and O–H groups in total. The summed E-state index contributed by atoms with van der Waals surface area (Å²) >= 11 is 0. The van der Waals surface area contributed by atoms with E-state index in [-0.39, 0.29) is 23.8 Å². The highest BCUT2D eigenvalue weighted by molar-refractivity contribution is 5.98. The third-order valence-electron chi connectivity index (χ3n) is 4.66. The Bertz CT molecular complexity index is 1040. The van der Waals surface area contributed by atoms with Crippen LogP contribution < -0.4 is 15.4 Å². The van der Waals surface area contributed by atoms with Gasteiger partial charge in [-0.1, -0.05) is 30.7 Å². The van der Waals surface area contributed by atoms with Gasteiger partial charge in [0.1, 0.15) is 18.2 Å². The van der Waals surface area contributed by atoms with Crippen molar-refractivity contribution < 1.29 is 18.7 Å². The van der Waals surface area contributed by atoms with Crippen LogP contribution in [0.4, 0.5) is 9.18 Å². The lowest BCUT2D eigenvalue weighted by atomic mass is 10.1. The minimum atomic E-state index is -0.295. The second-order valence-corrected chi connectivity index (χ2v) is 6.80. The van der Waals surface area contributed by atoms with Crippen molar-refractivity contribution in [2.45, 2.75) is 19.5 Å². The average molecular weight is 407 g/mol. The Morgan fingerprint density at radius 3 is 2.60 bits per heavy atom. The van der Waals surface area contributed by atoms with E-state index >= 15 is 0 Å². The normalized spacial score (nSPS) is 16.6. The number of amides is 3. The summed E-state index contributed by atoms with van der Waals surface area (Å²) in [6.45, 7) is 6.51. The molecule has 1 fully saturated rings. The summed E-state index contributed by atoms with van der Waals surface area (Å²) in [6, 6.07) is 11.0. The van der Waals surface area contributed by atoms with Crippen LogP contribution in [0.25, 0.3) is 0 Å². The molecule has 0 radical (unpaired) electrons. The van der Waals surface area contributed by atoms with Gasteiger partial charge in [0.05, 0.1) is 6.04 Å². The van der Waals surface area contributed by atoms with E-state index < -0.39 is 0 Å². The minimum absolute atomic E-state index is 0.0574. The van der Waals surface area contributed by atoms with Gasteiger partial charge < -0.3 is 20.3 Å². The number of urea groups is 1. The zero-order valence-corrected chi connectivity index (χ0v) is 16.8. The van der Waals surface area contributed by atoms with E-state index in [2.05, 4.69) is 29.1 Å². The number of rotatable bonds is 3. The van der Waals surface area contributed by atoms with Crippen LogP contribution >= 0.6 is 0 Å².